The van der Waals surface area contributed by atoms with Gasteiger partial charge in [0, 0.05) is 49.6 Å². The van der Waals surface area contributed by atoms with Crippen LogP contribution in [0.4, 0.5) is 16.6 Å². The molecule has 3 heterocycles. The lowest BCUT2D eigenvalue weighted by Crippen LogP contribution is -2.43. The Balaban J connectivity index is 1.47. The molecule has 1 aliphatic carbocycles. The highest BCUT2D eigenvalue weighted by Gasteiger charge is 2.29. The molecule has 0 unspecified atom stereocenters. The molecule has 0 saturated heterocycles. The van der Waals surface area contributed by atoms with Gasteiger partial charge in [0.2, 0.25) is 5.95 Å². The highest BCUT2D eigenvalue weighted by atomic mass is 16.2. The minimum atomic E-state index is -0.0729. The summed E-state index contributed by atoms with van der Waals surface area (Å²) in [6, 6.07) is 4.50. The molecule has 0 radical (unpaired) electrons. The van der Waals surface area contributed by atoms with Gasteiger partial charge in [-0.1, -0.05) is 6.07 Å². The lowest BCUT2D eigenvalue weighted by atomic mass is 10.1. The second-order valence-electron chi connectivity index (χ2n) is 7.73. The first-order chi connectivity index (χ1) is 13.6. The second-order valence-corrected chi connectivity index (χ2v) is 7.73. The third-order valence-corrected chi connectivity index (χ3v) is 4.85. The van der Waals surface area contributed by atoms with E-state index in [-0.39, 0.29) is 12.1 Å². The predicted molar refractivity (Wildman–Crippen MR) is 108 cm³/mol. The van der Waals surface area contributed by atoms with Crippen LogP contribution in [-0.4, -0.2) is 44.5 Å². The van der Waals surface area contributed by atoms with E-state index in [2.05, 4.69) is 34.8 Å². The predicted octanol–water partition coefficient (Wildman–Crippen LogP) is 2.53. The number of carbonyl (C=O) groups excluding carboxylic acids is 1. The fourth-order valence-corrected chi connectivity index (χ4v) is 3.24. The number of hydrogen-bond acceptors (Lipinski definition) is 6. The van der Waals surface area contributed by atoms with Gasteiger partial charge in [-0.25, -0.2) is 9.78 Å². The minimum Gasteiger partial charge on any atom is -0.367 e. The number of aromatic nitrogens is 3. The molecule has 1 aliphatic heterocycles. The molecule has 1 fully saturated rings. The van der Waals surface area contributed by atoms with Gasteiger partial charge >= 0.3 is 6.03 Å². The molecule has 1 saturated carbocycles. The first-order valence-corrected chi connectivity index (χ1v) is 9.93. The number of nitrogens with one attached hydrogen (secondary N) is 3. The van der Waals surface area contributed by atoms with Gasteiger partial charge in [-0.2, -0.15) is 4.98 Å². The van der Waals surface area contributed by atoms with Crippen LogP contribution in [0.3, 0.4) is 0 Å². The zero-order valence-corrected chi connectivity index (χ0v) is 16.4. The Kier molecular flexibility index (Phi) is 5.27. The van der Waals surface area contributed by atoms with Crippen LogP contribution < -0.4 is 16.0 Å². The Morgan fingerprint density at radius 1 is 1.32 bits per heavy atom. The molecule has 8 heteroatoms. The Hall–Kier alpha value is -2.90. The Morgan fingerprint density at radius 3 is 2.89 bits per heavy atom. The molecule has 2 amide bonds. The van der Waals surface area contributed by atoms with Crippen molar-refractivity contribution in [1.29, 1.82) is 0 Å². The zero-order chi connectivity index (χ0) is 19.5. The molecule has 0 atom stereocenters. The third kappa shape index (κ3) is 4.49. The lowest BCUT2D eigenvalue weighted by molar-refractivity contribution is 0.191. The molecule has 28 heavy (non-hydrogen) atoms. The van der Waals surface area contributed by atoms with E-state index in [4.69, 9.17) is 9.97 Å². The van der Waals surface area contributed by atoms with Crippen LogP contribution in [0.25, 0.3) is 0 Å². The molecular weight excluding hydrogens is 354 g/mol. The van der Waals surface area contributed by atoms with E-state index < -0.39 is 0 Å². The maximum absolute atomic E-state index is 12.7. The summed E-state index contributed by atoms with van der Waals surface area (Å²) in [6.45, 7) is 5.78. The van der Waals surface area contributed by atoms with E-state index in [1.807, 2.05) is 17.0 Å². The molecule has 0 aromatic carbocycles. The van der Waals surface area contributed by atoms with Crippen LogP contribution in [0.2, 0.25) is 0 Å². The van der Waals surface area contributed by atoms with Gasteiger partial charge in [0.25, 0.3) is 0 Å². The highest BCUT2D eigenvalue weighted by molar-refractivity contribution is 5.75. The molecular formula is C20H27N7O. The SMILES string of the molecule is CC(C)Nc1nc2c(c(NC3CC3)n1)CN(C(=O)NCc1cccnc1)CC2. The zero-order valence-electron chi connectivity index (χ0n) is 16.4. The summed E-state index contributed by atoms with van der Waals surface area (Å²) in [4.78, 5) is 28.0. The molecule has 2 aromatic rings. The first-order valence-electron chi connectivity index (χ1n) is 9.93. The van der Waals surface area contributed by atoms with Gasteiger partial charge < -0.3 is 20.9 Å². The third-order valence-electron chi connectivity index (χ3n) is 4.85. The number of hydrogen-bond donors (Lipinski definition) is 3. The van der Waals surface area contributed by atoms with E-state index in [0.717, 1.165) is 29.1 Å². The summed E-state index contributed by atoms with van der Waals surface area (Å²) in [7, 11) is 0. The summed E-state index contributed by atoms with van der Waals surface area (Å²) in [6.07, 6.45) is 6.55. The largest absolute Gasteiger partial charge is 0.367 e. The lowest BCUT2D eigenvalue weighted by Gasteiger charge is -2.30. The molecule has 8 nitrogen and oxygen atoms in total. The number of fused-ring (bicyclic) bond motifs is 1. The number of amides is 2. The monoisotopic (exact) mass is 381 g/mol. The molecule has 0 spiro atoms. The summed E-state index contributed by atoms with van der Waals surface area (Å²) < 4.78 is 0. The van der Waals surface area contributed by atoms with Crippen LogP contribution in [-0.2, 0) is 19.5 Å². The summed E-state index contributed by atoms with van der Waals surface area (Å²) >= 11 is 0. The van der Waals surface area contributed by atoms with Crippen LogP contribution in [0.1, 0.15) is 43.5 Å². The van der Waals surface area contributed by atoms with Crippen molar-refractivity contribution in [3.05, 3.63) is 41.3 Å². The van der Waals surface area contributed by atoms with Gasteiger partial charge in [0.1, 0.15) is 5.82 Å². The maximum Gasteiger partial charge on any atom is 0.317 e. The molecule has 148 valence electrons. The molecule has 3 N–H and O–H groups in total. The number of anilines is 2. The van der Waals surface area contributed by atoms with Crippen molar-refractivity contribution >= 4 is 17.8 Å². The Morgan fingerprint density at radius 2 is 2.18 bits per heavy atom. The van der Waals surface area contributed by atoms with Crippen molar-refractivity contribution in [2.75, 3.05) is 17.2 Å². The number of nitrogens with zero attached hydrogens (tertiary/aromatic N) is 4. The van der Waals surface area contributed by atoms with Gasteiger partial charge in [0.15, 0.2) is 0 Å². The molecule has 4 rings (SSSR count). The van der Waals surface area contributed by atoms with Crippen LogP contribution in [0, 0.1) is 0 Å². The van der Waals surface area contributed by atoms with Crippen molar-refractivity contribution < 1.29 is 4.79 Å². The fraction of sp³-hybridized carbons (Fsp3) is 0.500. The van der Waals surface area contributed by atoms with Gasteiger partial charge in [-0.05, 0) is 38.3 Å². The number of carbonyl (C=O) groups is 1. The van der Waals surface area contributed by atoms with Crippen LogP contribution in [0.5, 0.6) is 0 Å². The summed E-state index contributed by atoms with van der Waals surface area (Å²) in [5, 5.41) is 9.80. The number of rotatable bonds is 6. The summed E-state index contributed by atoms with van der Waals surface area (Å²) in [5.41, 5.74) is 3.04. The first kappa shape index (κ1) is 18.5. The molecule has 2 aromatic heterocycles. The number of pyridine rings is 1. The molecule has 2 aliphatic rings. The quantitative estimate of drug-likeness (QED) is 0.712. The average molecular weight is 381 g/mol. The summed E-state index contributed by atoms with van der Waals surface area (Å²) in [5.74, 6) is 1.52. The van der Waals surface area contributed by atoms with Crippen molar-refractivity contribution in [1.82, 2.24) is 25.2 Å². The topological polar surface area (TPSA) is 95.1 Å². The average Bonchev–Trinajstić information content (AvgIpc) is 3.50. The maximum atomic E-state index is 12.7. The van der Waals surface area contributed by atoms with Gasteiger partial charge in [-0.3, -0.25) is 4.98 Å². The van der Waals surface area contributed by atoms with Crippen molar-refractivity contribution in [2.24, 2.45) is 0 Å². The van der Waals surface area contributed by atoms with E-state index in [0.29, 0.717) is 31.6 Å². The normalized spacial score (nSPS) is 15.9. The fourth-order valence-electron chi connectivity index (χ4n) is 3.24. The smallest absolute Gasteiger partial charge is 0.317 e. The Labute approximate surface area is 165 Å². The highest BCUT2D eigenvalue weighted by Crippen LogP contribution is 2.30. The van der Waals surface area contributed by atoms with Crippen molar-refractivity contribution in [3.63, 3.8) is 0 Å². The van der Waals surface area contributed by atoms with E-state index >= 15 is 0 Å². The second kappa shape index (κ2) is 8.00. The van der Waals surface area contributed by atoms with Crippen LogP contribution >= 0.6 is 0 Å². The van der Waals surface area contributed by atoms with Gasteiger partial charge in [0.05, 0.1) is 12.2 Å². The van der Waals surface area contributed by atoms with E-state index in [1.165, 1.54) is 12.8 Å². The van der Waals surface area contributed by atoms with Crippen molar-refractivity contribution in [3.8, 4) is 0 Å². The standard InChI is InChI=1S/C20H27N7O/c1-13(2)23-19-25-17-7-9-27(12-16(17)18(26-19)24-15-5-6-15)20(28)22-11-14-4-3-8-21-10-14/h3-4,8,10,13,15H,5-7,9,11-12H2,1-2H3,(H,22,28)(H2,23,24,25,26). The van der Waals surface area contributed by atoms with Crippen LogP contribution in [0.15, 0.2) is 24.5 Å². The van der Waals surface area contributed by atoms with E-state index in [1.54, 1.807) is 12.4 Å². The number of urea groups is 1. The Bertz CT molecular complexity index is 836. The van der Waals surface area contributed by atoms with Crippen molar-refractivity contribution in [2.45, 2.75) is 58.3 Å². The van der Waals surface area contributed by atoms with Gasteiger partial charge in [-0.15, -0.1) is 0 Å². The minimum absolute atomic E-state index is 0.0729. The molecule has 0 bridgehead atoms. The van der Waals surface area contributed by atoms with E-state index in [9.17, 15) is 4.79 Å².